The second kappa shape index (κ2) is 4.72. The van der Waals surface area contributed by atoms with Gasteiger partial charge in [-0.05, 0) is 12.8 Å². The van der Waals surface area contributed by atoms with Gasteiger partial charge in [0.2, 0.25) is 5.91 Å². The molecule has 2 unspecified atom stereocenters. The van der Waals surface area contributed by atoms with E-state index >= 15 is 0 Å². The first-order valence-electron chi connectivity index (χ1n) is 5.86. The fourth-order valence-electron chi connectivity index (χ4n) is 2.58. The number of nitrogens with zero attached hydrogens (tertiary/aromatic N) is 2. The number of amides is 1. The van der Waals surface area contributed by atoms with E-state index in [1.54, 1.807) is 6.20 Å². The summed E-state index contributed by atoms with van der Waals surface area (Å²) >= 11 is 1.44. The van der Waals surface area contributed by atoms with E-state index in [4.69, 9.17) is 4.74 Å². The van der Waals surface area contributed by atoms with Crippen molar-refractivity contribution in [2.45, 2.75) is 24.9 Å². The molecule has 6 heteroatoms. The van der Waals surface area contributed by atoms with Gasteiger partial charge in [-0.3, -0.25) is 9.69 Å². The number of anilines is 1. The van der Waals surface area contributed by atoms with E-state index in [2.05, 4.69) is 15.2 Å². The molecule has 2 bridgehead atoms. The van der Waals surface area contributed by atoms with Gasteiger partial charge in [0.1, 0.15) is 0 Å². The van der Waals surface area contributed by atoms with Crippen molar-refractivity contribution in [1.82, 2.24) is 9.88 Å². The highest BCUT2D eigenvalue weighted by Gasteiger charge is 2.38. The van der Waals surface area contributed by atoms with Gasteiger partial charge in [0.25, 0.3) is 0 Å². The molecule has 0 aliphatic carbocycles. The molecule has 17 heavy (non-hydrogen) atoms. The van der Waals surface area contributed by atoms with E-state index < -0.39 is 0 Å². The third-order valence-corrected chi connectivity index (χ3v) is 4.09. The van der Waals surface area contributed by atoms with Crippen molar-refractivity contribution in [3.8, 4) is 0 Å². The molecule has 92 valence electrons. The third kappa shape index (κ3) is 2.34. The maximum atomic E-state index is 11.9. The van der Waals surface area contributed by atoms with E-state index in [0.29, 0.717) is 23.8 Å². The van der Waals surface area contributed by atoms with Crippen molar-refractivity contribution in [2.75, 3.05) is 25.1 Å². The lowest BCUT2D eigenvalue weighted by Gasteiger charge is -2.33. The van der Waals surface area contributed by atoms with Gasteiger partial charge >= 0.3 is 0 Å². The van der Waals surface area contributed by atoms with E-state index in [1.165, 1.54) is 11.3 Å². The molecule has 1 N–H and O–H groups in total. The summed E-state index contributed by atoms with van der Waals surface area (Å²) in [4.78, 5) is 18.2. The minimum absolute atomic E-state index is 0.0266. The summed E-state index contributed by atoms with van der Waals surface area (Å²) in [7, 11) is 0. The predicted molar refractivity (Wildman–Crippen MR) is 65.1 cm³/mol. The van der Waals surface area contributed by atoms with Crippen LogP contribution in [0, 0.1) is 0 Å². The zero-order chi connectivity index (χ0) is 11.7. The highest BCUT2D eigenvalue weighted by molar-refractivity contribution is 7.13. The lowest BCUT2D eigenvalue weighted by molar-refractivity contribution is -0.120. The van der Waals surface area contributed by atoms with Crippen molar-refractivity contribution in [2.24, 2.45) is 0 Å². The lowest BCUT2D eigenvalue weighted by Crippen LogP contribution is -2.48. The molecule has 1 aromatic heterocycles. The number of aromatic nitrogens is 1. The molecule has 3 rings (SSSR count). The van der Waals surface area contributed by atoms with Gasteiger partial charge in [-0.1, -0.05) is 0 Å². The molecule has 5 nitrogen and oxygen atoms in total. The Bertz CT molecular complexity index is 379. The first-order chi connectivity index (χ1) is 8.33. The largest absolute Gasteiger partial charge is 0.378 e. The first kappa shape index (κ1) is 11.1. The smallest absolute Gasteiger partial charge is 0.240 e. The first-order valence-corrected chi connectivity index (χ1v) is 6.74. The number of hydrogen-bond donors (Lipinski definition) is 1. The highest BCUT2D eigenvalue weighted by atomic mass is 32.1. The molecule has 0 aromatic carbocycles. The zero-order valence-corrected chi connectivity index (χ0v) is 10.3. The molecule has 1 aromatic rings. The summed E-state index contributed by atoms with van der Waals surface area (Å²) in [5.74, 6) is 0.0266. The Labute approximate surface area is 104 Å². The SMILES string of the molecule is O=C(CN1C2CCC1COC2)Nc1nccs1. The average Bonchev–Trinajstić information content (AvgIpc) is 2.86. The van der Waals surface area contributed by atoms with Crippen LogP contribution in [0.25, 0.3) is 0 Å². The Morgan fingerprint density at radius 1 is 1.53 bits per heavy atom. The minimum Gasteiger partial charge on any atom is -0.378 e. The zero-order valence-electron chi connectivity index (χ0n) is 9.46. The van der Waals surface area contributed by atoms with E-state index in [-0.39, 0.29) is 5.91 Å². The lowest BCUT2D eigenvalue weighted by atomic mass is 10.2. The minimum atomic E-state index is 0.0266. The van der Waals surface area contributed by atoms with Crippen molar-refractivity contribution in [1.29, 1.82) is 0 Å². The number of rotatable bonds is 3. The van der Waals surface area contributed by atoms with Crippen LogP contribution in [0.5, 0.6) is 0 Å². The standard InChI is InChI=1S/C11H15N3O2S/c15-10(13-11-12-3-4-17-11)5-14-8-1-2-9(14)7-16-6-8/h3-4,8-9H,1-2,5-7H2,(H,12,13,15). The van der Waals surface area contributed by atoms with E-state index in [1.807, 2.05) is 5.38 Å². The summed E-state index contributed by atoms with van der Waals surface area (Å²) < 4.78 is 5.49. The van der Waals surface area contributed by atoms with Gasteiger partial charge < -0.3 is 10.1 Å². The van der Waals surface area contributed by atoms with Crippen LogP contribution in [0.3, 0.4) is 0 Å². The van der Waals surface area contributed by atoms with Gasteiger partial charge in [0, 0.05) is 23.7 Å². The summed E-state index contributed by atoms with van der Waals surface area (Å²) in [6, 6.07) is 0.853. The molecule has 0 radical (unpaired) electrons. The van der Waals surface area contributed by atoms with Crippen LogP contribution >= 0.6 is 11.3 Å². The second-order valence-corrected chi connectivity index (χ2v) is 5.37. The molecule has 1 amide bonds. The Morgan fingerprint density at radius 2 is 2.29 bits per heavy atom. The second-order valence-electron chi connectivity index (χ2n) is 4.48. The number of carbonyl (C=O) groups excluding carboxylic acids is 1. The number of ether oxygens (including phenoxy) is 1. The number of fused-ring (bicyclic) bond motifs is 2. The summed E-state index contributed by atoms with van der Waals surface area (Å²) in [5, 5.41) is 5.36. The Hall–Kier alpha value is -0.980. The van der Waals surface area contributed by atoms with Crippen molar-refractivity contribution in [3.05, 3.63) is 11.6 Å². The van der Waals surface area contributed by atoms with E-state index in [9.17, 15) is 4.79 Å². The van der Waals surface area contributed by atoms with Crippen LogP contribution in [0.15, 0.2) is 11.6 Å². The third-order valence-electron chi connectivity index (χ3n) is 3.40. The molecule has 2 saturated heterocycles. The van der Waals surface area contributed by atoms with Gasteiger partial charge in [0.05, 0.1) is 19.8 Å². The monoisotopic (exact) mass is 253 g/mol. The van der Waals surface area contributed by atoms with Gasteiger partial charge in [-0.15, -0.1) is 11.3 Å². The van der Waals surface area contributed by atoms with Gasteiger partial charge in [-0.2, -0.15) is 0 Å². The molecule has 2 atom stereocenters. The Kier molecular flexibility index (Phi) is 3.09. The van der Waals surface area contributed by atoms with Crippen LogP contribution in [0.1, 0.15) is 12.8 Å². The highest BCUT2D eigenvalue weighted by Crippen LogP contribution is 2.28. The molecule has 2 fully saturated rings. The van der Waals surface area contributed by atoms with Crippen LogP contribution in [0.2, 0.25) is 0 Å². The summed E-state index contributed by atoms with van der Waals surface area (Å²) in [6.45, 7) is 1.99. The maximum Gasteiger partial charge on any atom is 0.240 e. The topological polar surface area (TPSA) is 54.5 Å². The number of morpholine rings is 1. The number of hydrogen-bond acceptors (Lipinski definition) is 5. The van der Waals surface area contributed by atoms with Crippen LogP contribution in [-0.2, 0) is 9.53 Å². The molecule has 2 aliphatic rings. The quantitative estimate of drug-likeness (QED) is 0.871. The number of carbonyl (C=O) groups is 1. The van der Waals surface area contributed by atoms with E-state index in [0.717, 1.165) is 26.1 Å². The normalized spacial score (nSPS) is 28.2. The summed E-state index contributed by atoms with van der Waals surface area (Å²) in [5.41, 5.74) is 0. The Morgan fingerprint density at radius 3 is 2.94 bits per heavy atom. The van der Waals surface area contributed by atoms with Crippen molar-refractivity contribution >= 4 is 22.4 Å². The summed E-state index contributed by atoms with van der Waals surface area (Å²) in [6.07, 6.45) is 3.99. The molecular weight excluding hydrogens is 238 g/mol. The van der Waals surface area contributed by atoms with Gasteiger partial charge in [-0.25, -0.2) is 4.98 Å². The maximum absolute atomic E-state index is 11.9. The fraction of sp³-hybridized carbons (Fsp3) is 0.636. The number of nitrogens with one attached hydrogen (secondary N) is 1. The van der Waals surface area contributed by atoms with Crippen molar-refractivity contribution in [3.63, 3.8) is 0 Å². The van der Waals surface area contributed by atoms with Crippen LogP contribution < -0.4 is 5.32 Å². The molecule has 0 spiro atoms. The molecule has 2 aliphatic heterocycles. The number of thiazole rings is 1. The fourth-order valence-corrected chi connectivity index (χ4v) is 3.13. The molecular formula is C11H15N3O2S. The molecule has 3 heterocycles. The average molecular weight is 253 g/mol. The van der Waals surface area contributed by atoms with Crippen LogP contribution in [-0.4, -0.2) is 47.6 Å². The van der Waals surface area contributed by atoms with Gasteiger partial charge in [0.15, 0.2) is 5.13 Å². The van der Waals surface area contributed by atoms with Crippen LogP contribution in [0.4, 0.5) is 5.13 Å². The predicted octanol–water partition coefficient (Wildman–Crippen LogP) is 0.945. The van der Waals surface area contributed by atoms with Crippen molar-refractivity contribution < 1.29 is 9.53 Å². The molecule has 0 saturated carbocycles. The Balaban J connectivity index is 1.58.